The second-order valence-corrected chi connectivity index (χ2v) is 6.18. The number of aliphatic hydroxyl groups is 1. The van der Waals surface area contributed by atoms with Crippen LogP contribution in [0.15, 0.2) is 0 Å². The van der Waals surface area contributed by atoms with Crippen molar-refractivity contribution in [2.75, 3.05) is 0 Å². The van der Waals surface area contributed by atoms with E-state index in [-0.39, 0.29) is 12.1 Å². The number of aliphatic hydroxyl groups excluding tert-OH is 1. The first kappa shape index (κ1) is 12.2. The lowest BCUT2D eigenvalue weighted by atomic mass is 9.84. The average Bonchev–Trinajstić information content (AvgIpc) is 2.68. The van der Waals surface area contributed by atoms with E-state index in [0.717, 1.165) is 43.8 Å². The summed E-state index contributed by atoms with van der Waals surface area (Å²) in [4.78, 5) is 4.74. The van der Waals surface area contributed by atoms with Crippen LogP contribution in [0, 0.1) is 12.8 Å². The lowest BCUT2D eigenvalue weighted by Gasteiger charge is -2.34. The summed E-state index contributed by atoms with van der Waals surface area (Å²) < 4.78 is 2.37. The van der Waals surface area contributed by atoms with Gasteiger partial charge in [-0.15, -0.1) is 0 Å². The van der Waals surface area contributed by atoms with Gasteiger partial charge in [0, 0.05) is 5.69 Å². The monoisotopic (exact) mass is 248 g/mol. The topological polar surface area (TPSA) is 38.0 Å². The SMILES string of the molecule is Cc1nc2c(n1C1CC(C)CCC1O)CCCC2. The van der Waals surface area contributed by atoms with Crippen LogP contribution in [0.5, 0.6) is 0 Å². The Morgan fingerprint density at radius 1 is 1.22 bits per heavy atom. The van der Waals surface area contributed by atoms with Crippen LogP contribution >= 0.6 is 0 Å². The third-order valence-electron chi connectivity index (χ3n) is 4.72. The molecule has 100 valence electrons. The van der Waals surface area contributed by atoms with Gasteiger partial charge in [-0.3, -0.25) is 0 Å². The van der Waals surface area contributed by atoms with E-state index in [1.807, 2.05) is 0 Å². The quantitative estimate of drug-likeness (QED) is 0.830. The Balaban J connectivity index is 1.97. The third-order valence-corrected chi connectivity index (χ3v) is 4.72. The summed E-state index contributed by atoms with van der Waals surface area (Å²) in [7, 11) is 0. The molecule has 3 nitrogen and oxygen atoms in total. The first-order valence-electron chi connectivity index (χ1n) is 7.41. The smallest absolute Gasteiger partial charge is 0.106 e. The maximum absolute atomic E-state index is 10.3. The minimum Gasteiger partial charge on any atom is -0.391 e. The average molecular weight is 248 g/mol. The van der Waals surface area contributed by atoms with Crippen LogP contribution in [0.4, 0.5) is 0 Å². The highest BCUT2D eigenvalue weighted by molar-refractivity contribution is 5.21. The van der Waals surface area contributed by atoms with Gasteiger partial charge in [0.2, 0.25) is 0 Å². The van der Waals surface area contributed by atoms with E-state index in [4.69, 9.17) is 4.98 Å². The van der Waals surface area contributed by atoms with Crippen LogP contribution in [0.2, 0.25) is 0 Å². The van der Waals surface area contributed by atoms with E-state index in [9.17, 15) is 5.11 Å². The van der Waals surface area contributed by atoms with Crippen LogP contribution in [-0.2, 0) is 12.8 Å². The fourth-order valence-electron chi connectivity index (χ4n) is 3.75. The zero-order chi connectivity index (χ0) is 12.7. The van der Waals surface area contributed by atoms with Gasteiger partial charge in [-0.1, -0.05) is 6.92 Å². The molecule has 0 bridgehead atoms. The molecule has 1 N–H and O–H groups in total. The summed E-state index contributed by atoms with van der Waals surface area (Å²) in [5, 5.41) is 10.3. The second kappa shape index (κ2) is 4.69. The minimum atomic E-state index is -0.180. The Bertz CT molecular complexity index is 438. The number of aryl methyl sites for hydroxylation is 2. The molecule has 1 fully saturated rings. The fraction of sp³-hybridized carbons (Fsp3) is 0.800. The van der Waals surface area contributed by atoms with Crippen LogP contribution in [-0.4, -0.2) is 20.8 Å². The van der Waals surface area contributed by atoms with Crippen molar-refractivity contribution in [2.45, 2.75) is 70.9 Å². The number of imidazole rings is 1. The Morgan fingerprint density at radius 2 is 2.00 bits per heavy atom. The summed E-state index contributed by atoms with van der Waals surface area (Å²) >= 11 is 0. The Morgan fingerprint density at radius 3 is 2.83 bits per heavy atom. The molecule has 0 saturated heterocycles. The number of nitrogens with zero attached hydrogens (tertiary/aromatic N) is 2. The molecule has 0 amide bonds. The molecule has 1 aromatic heterocycles. The van der Waals surface area contributed by atoms with Crippen molar-refractivity contribution < 1.29 is 5.11 Å². The molecule has 0 aliphatic heterocycles. The zero-order valence-corrected chi connectivity index (χ0v) is 11.5. The van der Waals surface area contributed by atoms with Crippen molar-refractivity contribution >= 4 is 0 Å². The predicted molar refractivity (Wildman–Crippen MR) is 71.7 cm³/mol. The Hall–Kier alpha value is -0.830. The van der Waals surface area contributed by atoms with Gasteiger partial charge >= 0.3 is 0 Å². The van der Waals surface area contributed by atoms with Crippen LogP contribution in [0.1, 0.15) is 62.3 Å². The third kappa shape index (κ3) is 1.99. The lowest BCUT2D eigenvalue weighted by molar-refractivity contribution is 0.0553. The van der Waals surface area contributed by atoms with E-state index in [1.165, 1.54) is 24.2 Å². The molecular weight excluding hydrogens is 224 g/mol. The van der Waals surface area contributed by atoms with Crippen LogP contribution < -0.4 is 0 Å². The van der Waals surface area contributed by atoms with Gasteiger partial charge in [-0.2, -0.15) is 0 Å². The number of hydrogen-bond donors (Lipinski definition) is 1. The second-order valence-electron chi connectivity index (χ2n) is 6.18. The Kier molecular flexibility index (Phi) is 3.18. The van der Waals surface area contributed by atoms with E-state index in [1.54, 1.807) is 0 Å². The number of aromatic nitrogens is 2. The van der Waals surface area contributed by atoms with Crippen molar-refractivity contribution in [1.82, 2.24) is 9.55 Å². The van der Waals surface area contributed by atoms with Crippen LogP contribution in [0.25, 0.3) is 0 Å². The standard InChI is InChI=1S/C15H24N2O/c1-10-7-8-15(18)14(9-10)17-11(2)16-12-5-3-4-6-13(12)17/h10,14-15,18H,3-9H2,1-2H3. The van der Waals surface area contributed by atoms with E-state index in [2.05, 4.69) is 18.4 Å². The van der Waals surface area contributed by atoms with Gasteiger partial charge in [-0.25, -0.2) is 4.98 Å². The highest BCUT2D eigenvalue weighted by Gasteiger charge is 2.32. The van der Waals surface area contributed by atoms with E-state index in [0.29, 0.717) is 0 Å². The molecule has 2 aliphatic rings. The lowest BCUT2D eigenvalue weighted by Crippen LogP contribution is -2.32. The number of fused-ring (bicyclic) bond motifs is 1. The highest BCUT2D eigenvalue weighted by Crippen LogP contribution is 2.36. The van der Waals surface area contributed by atoms with Gasteiger partial charge in [0.15, 0.2) is 0 Å². The first-order chi connectivity index (χ1) is 8.66. The van der Waals surface area contributed by atoms with E-state index >= 15 is 0 Å². The van der Waals surface area contributed by atoms with Crippen molar-refractivity contribution in [3.63, 3.8) is 0 Å². The van der Waals surface area contributed by atoms with Gasteiger partial charge in [-0.05, 0) is 57.8 Å². The zero-order valence-electron chi connectivity index (χ0n) is 11.5. The first-order valence-corrected chi connectivity index (χ1v) is 7.41. The molecular formula is C15H24N2O. The van der Waals surface area contributed by atoms with Crippen molar-refractivity contribution in [3.8, 4) is 0 Å². The van der Waals surface area contributed by atoms with E-state index < -0.39 is 0 Å². The Labute approximate surface area is 109 Å². The molecule has 18 heavy (non-hydrogen) atoms. The highest BCUT2D eigenvalue weighted by atomic mass is 16.3. The molecule has 0 radical (unpaired) electrons. The fourth-order valence-corrected chi connectivity index (χ4v) is 3.75. The number of hydrogen-bond acceptors (Lipinski definition) is 2. The molecule has 0 spiro atoms. The van der Waals surface area contributed by atoms with Crippen molar-refractivity contribution in [2.24, 2.45) is 5.92 Å². The molecule has 1 saturated carbocycles. The van der Waals surface area contributed by atoms with Gasteiger partial charge in [0.05, 0.1) is 17.8 Å². The summed E-state index contributed by atoms with van der Waals surface area (Å²) in [5.41, 5.74) is 2.71. The molecule has 1 heterocycles. The summed E-state index contributed by atoms with van der Waals surface area (Å²) in [6, 6.07) is 0.267. The summed E-state index contributed by atoms with van der Waals surface area (Å²) in [6.07, 6.45) is 7.84. The van der Waals surface area contributed by atoms with Crippen molar-refractivity contribution in [3.05, 3.63) is 17.2 Å². The number of rotatable bonds is 1. The molecule has 3 heteroatoms. The molecule has 3 rings (SSSR count). The molecule has 3 unspecified atom stereocenters. The van der Waals surface area contributed by atoms with Crippen LogP contribution in [0.3, 0.4) is 0 Å². The largest absolute Gasteiger partial charge is 0.391 e. The van der Waals surface area contributed by atoms with Gasteiger partial charge in [0.25, 0.3) is 0 Å². The normalized spacial score (nSPS) is 32.3. The van der Waals surface area contributed by atoms with Gasteiger partial charge in [0.1, 0.15) is 5.82 Å². The maximum atomic E-state index is 10.3. The summed E-state index contributed by atoms with van der Waals surface area (Å²) in [5.74, 6) is 1.83. The maximum Gasteiger partial charge on any atom is 0.106 e. The van der Waals surface area contributed by atoms with Gasteiger partial charge < -0.3 is 9.67 Å². The molecule has 3 atom stereocenters. The predicted octanol–water partition coefficient (Wildman–Crippen LogP) is 2.79. The molecule has 1 aromatic rings. The molecule has 2 aliphatic carbocycles. The van der Waals surface area contributed by atoms with Crippen molar-refractivity contribution in [1.29, 1.82) is 0 Å². The summed E-state index contributed by atoms with van der Waals surface area (Å²) in [6.45, 7) is 4.40. The minimum absolute atomic E-state index is 0.180. The molecule has 0 aromatic carbocycles.